The Labute approximate surface area is 84.7 Å². The van der Waals surface area contributed by atoms with Crippen molar-refractivity contribution in [1.29, 1.82) is 0 Å². The summed E-state index contributed by atoms with van der Waals surface area (Å²) in [7, 11) is 3.15. The first kappa shape index (κ1) is 12.5. The second-order valence-corrected chi connectivity index (χ2v) is 2.56. The third-order valence-electron chi connectivity index (χ3n) is 1.77. The molecule has 0 bridgehead atoms. The summed E-state index contributed by atoms with van der Waals surface area (Å²) in [6, 6.07) is 5.43. The number of hydrogen-bond acceptors (Lipinski definition) is 3. The van der Waals surface area contributed by atoms with Gasteiger partial charge in [-0.15, -0.1) is 0 Å². The molecule has 0 spiro atoms. The summed E-state index contributed by atoms with van der Waals surface area (Å²) in [6.45, 7) is 0. The van der Waals surface area contributed by atoms with Crippen molar-refractivity contribution in [2.45, 2.75) is 13.8 Å². The molecular weight excluding hydrogens is 180 g/mol. The van der Waals surface area contributed by atoms with Crippen molar-refractivity contribution in [3.8, 4) is 11.5 Å². The first-order valence-corrected chi connectivity index (χ1v) is 3.96. The van der Waals surface area contributed by atoms with Gasteiger partial charge < -0.3 is 14.3 Å². The quantitative estimate of drug-likeness (QED) is 0.692. The second-order valence-electron chi connectivity index (χ2n) is 2.56. The molecule has 78 valence electrons. The van der Waals surface area contributed by atoms with Crippen LogP contribution in [0, 0.1) is 0 Å². The molecule has 0 unspecified atom stereocenters. The van der Waals surface area contributed by atoms with E-state index in [-0.39, 0.29) is 7.43 Å². The Morgan fingerprint density at radius 3 is 2.36 bits per heavy atom. The van der Waals surface area contributed by atoms with Gasteiger partial charge in [-0.1, -0.05) is 13.5 Å². The highest BCUT2D eigenvalue weighted by atomic mass is 16.5. The highest BCUT2D eigenvalue weighted by Crippen LogP contribution is 2.27. The maximum atomic E-state index is 10.3. The number of benzene rings is 1. The number of rotatable bonds is 4. The lowest BCUT2D eigenvalue weighted by Gasteiger charge is -2.07. The highest BCUT2D eigenvalue weighted by Gasteiger charge is 2.03. The van der Waals surface area contributed by atoms with E-state index in [0.29, 0.717) is 17.9 Å². The first-order chi connectivity index (χ1) is 6.31. The summed E-state index contributed by atoms with van der Waals surface area (Å²) >= 11 is 0. The molecule has 0 aliphatic heterocycles. The van der Waals surface area contributed by atoms with Crippen LogP contribution in [0.25, 0.3) is 0 Å². The van der Waals surface area contributed by atoms with E-state index in [1.165, 1.54) is 0 Å². The Kier molecular flexibility index (Phi) is 5.37. The number of methoxy groups -OCH3 is 2. The Balaban J connectivity index is 0.00000169. The molecule has 0 radical (unpaired) electrons. The van der Waals surface area contributed by atoms with Crippen LogP contribution >= 0.6 is 0 Å². The molecule has 0 aromatic heterocycles. The summed E-state index contributed by atoms with van der Waals surface area (Å²) in [6.07, 6.45) is 1.27. The largest absolute Gasteiger partial charge is 0.493 e. The van der Waals surface area contributed by atoms with Crippen LogP contribution in [0.5, 0.6) is 11.5 Å². The fourth-order valence-corrected chi connectivity index (χ4v) is 1.10. The zero-order valence-electron chi connectivity index (χ0n) is 7.74. The fraction of sp³-hybridized carbons (Fsp3) is 0.364. The summed E-state index contributed by atoms with van der Waals surface area (Å²) < 4.78 is 10.1. The minimum atomic E-state index is 0. The van der Waals surface area contributed by atoms with Gasteiger partial charge in [-0.3, -0.25) is 0 Å². The van der Waals surface area contributed by atoms with Crippen molar-refractivity contribution in [3.05, 3.63) is 23.8 Å². The molecule has 0 aliphatic carbocycles. The van der Waals surface area contributed by atoms with E-state index in [1.54, 1.807) is 26.4 Å². The second kappa shape index (κ2) is 6.02. The van der Waals surface area contributed by atoms with Gasteiger partial charge >= 0.3 is 0 Å². The SMILES string of the molecule is C.COc1ccc(CC=O)cc1OC. The smallest absolute Gasteiger partial charge is 0.161 e. The zero-order chi connectivity index (χ0) is 9.68. The third kappa shape index (κ3) is 2.76. The van der Waals surface area contributed by atoms with Gasteiger partial charge in [0, 0.05) is 6.42 Å². The van der Waals surface area contributed by atoms with Crippen LogP contribution in [0.3, 0.4) is 0 Å². The Morgan fingerprint density at radius 2 is 1.86 bits per heavy atom. The monoisotopic (exact) mass is 196 g/mol. The van der Waals surface area contributed by atoms with Gasteiger partial charge in [0.1, 0.15) is 6.29 Å². The molecule has 0 amide bonds. The van der Waals surface area contributed by atoms with E-state index in [0.717, 1.165) is 11.8 Å². The summed E-state index contributed by atoms with van der Waals surface area (Å²) in [5, 5.41) is 0. The van der Waals surface area contributed by atoms with E-state index < -0.39 is 0 Å². The number of ether oxygens (including phenoxy) is 2. The Hall–Kier alpha value is -1.51. The lowest BCUT2D eigenvalue weighted by Crippen LogP contribution is -1.93. The maximum Gasteiger partial charge on any atom is 0.161 e. The molecule has 1 aromatic rings. The average molecular weight is 196 g/mol. The molecular formula is C11H16O3. The standard InChI is InChI=1S/C10H12O3.CH4/c1-12-9-4-3-8(5-6-11)7-10(9)13-2;/h3-4,6-7H,5H2,1-2H3;1H4. The van der Waals surface area contributed by atoms with Crippen LogP contribution in [0.1, 0.15) is 13.0 Å². The molecule has 3 nitrogen and oxygen atoms in total. The molecule has 0 atom stereocenters. The van der Waals surface area contributed by atoms with E-state index >= 15 is 0 Å². The van der Waals surface area contributed by atoms with Crippen LogP contribution in [-0.4, -0.2) is 20.5 Å². The average Bonchev–Trinajstić information content (AvgIpc) is 2.18. The minimum absolute atomic E-state index is 0. The van der Waals surface area contributed by atoms with Gasteiger partial charge in [0.2, 0.25) is 0 Å². The molecule has 0 N–H and O–H groups in total. The third-order valence-corrected chi connectivity index (χ3v) is 1.77. The van der Waals surface area contributed by atoms with E-state index in [9.17, 15) is 4.79 Å². The molecule has 0 fully saturated rings. The number of hydrogen-bond donors (Lipinski definition) is 0. The van der Waals surface area contributed by atoms with Crippen molar-refractivity contribution < 1.29 is 14.3 Å². The molecule has 14 heavy (non-hydrogen) atoms. The molecule has 0 saturated carbocycles. The van der Waals surface area contributed by atoms with Crippen molar-refractivity contribution in [3.63, 3.8) is 0 Å². The summed E-state index contributed by atoms with van der Waals surface area (Å²) in [5.74, 6) is 1.33. The van der Waals surface area contributed by atoms with E-state index in [1.807, 2.05) is 6.07 Å². The summed E-state index contributed by atoms with van der Waals surface area (Å²) in [5.41, 5.74) is 0.924. The topological polar surface area (TPSA) is 35.5 Å². The minimum Gasteiger partial charge on any atom is -0.493 e. The van der Waals surface area contributed by atoms with Crippen molar-refractivity contribution in [2.24, 2.45) is 0 Å². The van der Waals surface area contributed by atoms with Gasteiger partial charge in [-0.05, 0) is 17.7 Å². The van der Waals surface area contributed by atoms with Gasteiger partial charge in [0.05, 0.1) is 14.2 Å². The predicted molar refractivity (Wildman–Crippen MR) is 56.0 cm³/mol. The zero-order valence-corrected chi connectivity index (χ0v) is 7.74. The van der Waals surface area contributed by atoms with Crippen LogP contribution in [0.4, 0.5) is 0 Å². The van der Waals surface area contributed by atoms with Crippen molar-refractivity contribution in [2.75, 3.05) is 14.2 Å². The Morgan fingerprint density at radius 1 is 1.21 bits per heavy atom. The normalized spacial score (nSPS) is 8.71. The molecule has 0 saturated heterocycles. The Bertz CT molecular complexity index is 295. The van der Waals surface area contributed by atoms with E-state index in [4.69, 9.17) is 9.47 Å². The molecule has 1 aromatic carbocycles. The fourth-order valence-electron chi connectivity index (χ4n) is 1.10. The lowest BCUT2D eigenvalue weighted by atomic mass is 10.1. The van der Waals surface area contributed by atoms with Crippen LogP contribution in [0.15, 0.2) is 18.2 Å². The van der Waals surface area contributed by atoms with Crippen LogP contribution in [0.2, 0.25) is 0 Å². The van der Waals surface area contributed by atoms with Crippen molar-refractivity contribution >= 4 is 6.29 Å². The van der Waals surface area contributed by atoms with Crippen molar-refractivity contribution in [1.82, 2.24) is 0 Å². The molecule has 0 aliphatic rings. The molecule has 1 rings (SSSR count). The molecule has 3 heteroatoms. The van der Waals surface area contributed by atoms with Gasteiger partial charge in [-0.25, -0.2) is 0 Å². The predicted octanol–water partition coefficient (Wildman–Crippen LogP) is 2.08. The number of carbonyl (C=O) groups is 1. The van der Waals surface area contributed by atoms with E-state index in [2.05, 4.69) is 0 Å². The van der Waals surface area contributed by atoms with Gasteiger partial charge in [0.15, 0.2) is 11.5 Å². The summed E-state index contributed by atoms with van der Waals surface area (Å²) in [4.78, 5) is 10.3. The van der Waals surface area contributed by atoms with Gasteiger partial charge in [-0.2, -0.15) is 0 Å². The van der Waals surface area contributed by atoms with Crippen LogP contribution in [-0.2, 0) is 11.2 Å². The highest BCUT2D eigenvalue weighted by molar-refractivity contribution is 5.56. The van der Waals surface area contributed by atoms with Crippen LogP contribution < -0.4 is 9.47 Å². The lowest BCUT2D eigenvalue weighted by molar-refractivity contribution is -0.107. The number of carbonyl (C=O) groups excluding carboxylic acids is 1. The first-order valence-electron chi connectivity index (χ1n) is 3.96. The number of aldehydes is 1. The van der Waals surface area contributed by atoms with Gasteiger partial charge in [0.25, 0.3) is 0 Å². The molecule has 0 heterocycles. The maximum absolute atomic E-state index is 10.3.